The van der Waals surface area contributed by atoms with Crippen LogP contribution in [0.25, 0.3) is 0 Å². The molecule has 1 aromatic heterocycles. The topological polar surface area (TPSA) is 106 Å². The maximum Gasteiger partial charge on any atom is 0.339 e. The van der Waals surface area contributed by atoms with Crippen LogP contribution in [-0.2, 0) is 21.3 Å². The van der Waals surface area contributed by atoms with Crippen LogP contribution in [0.1, 0.15) is 41.7 Å². The second kappa shape index (κ2) is 9.68. The Morgan fingerprint density at radius 1 is 1.24 bits per heavy atom. The van der Waals surface area contributed by atoms with Crippen molar-refractivity contribution in [2.75, 3.05) is 20.2 Å². The van der Waals surface area contributed by atoms with Crippen LogP contribution in [0, 0.1) is 0 Å². The number of carbonyl (C=O) groups excluding carboxylic acids is 1. The van der Waals surface area contributed by atoms with Crippen LogP contribution < -0.4 is 9.21 Å². The number of carbonyl (C=O) groups is 1. The minimum Gasteiger partial charge on any atom is -0.465 e. The van der Waals surface area contributed by atoms with Gasteiger partial charge in [0, 0.05) is 43.0 Å². The number of aliphatic hydroxyl groups excluding tert-OH is 1. The van der Waals surface area contributed by atoms with Gasteiger partial charge in [0.05, 0.1) is 55.4 Å². The molecule has 1 saturated carbocycles. The molecule has 1 saturated heterocycles. The first kappa shape index (κ1) is 24.1. The molecule has 2 aliphatic rings. The van der Waals surface area contributed by atoms with Crippen molar-refractivity contribution in [3.05, 3.63) is 58.9 Å². The van der Waals surface area contributed by atoms with Crippen molar-refractivity contribution in [2.45, 2.75) is 49.6 Å². The van der Waals surface area contributed by atoms with Gasteiger partial charge in [-0.05, 0) is 24.3 Å². The van der Waals surface area contributed by atoms with E-state index in [1.807, 2.05) is 24.3 Å². The van der Waals surface area contributed by atoms with Crippen LogP contribution in [0.5, 0.6) is 0 Å². The summed E-state index contributed by atoms with van der Waals surface area (Å²) in [6, 6.07) is 11.2. The number of hydrogen-bond acceptors (Lipinski definition) is 6. The van der Waals surface area contributed by atoms with Crippen molar-refractivity contribution < 1.29 is 23.1 Å². The van der Waals surface area contributed by atoms with E-state index < -0.39 is 21.2 Å². The van der Waals surface area contributed by atoms with Gasteiger partial charge in [-0.1, -0.05) is 17.7 Å². The van der Waals surface area contributed by atoms with E-state index in [9.17, 15) is 18.3 Å². The molecule has 2 heterocycles. The number of quaternary nitrogens is 1. The Morgan fingerprint density at radius 3 is 2.55 bits per heavy atom. The minimum absolute atomic E-state index is 0.0589. The number of likely N-dealkylation sites (tertiary alicyclic amines) is 1. The third kappa shape index (κ3) is 5.07. The average Bonchev–Trinajstić information content (AvgIpc) is 2.80. The summed E-state index contributed by atoms with van der Waals surface area (Å²) in [6.45, 7) is 1.41. The SMILES string of the molecule is COC(=O)c1ccc(CNS(=O)(=O)C2CC[N+](c3cccc(Cl)c3)(C3CC(O)C3)CC2)nc1. The summed E-state index contributed by atoms with van der Waals surface area (Å²) in [7, 11) is -2.25. The zero-order chi connectivity index (χ0) is 23.6. The summed E-state index contributed by atoms with van der Waals surface area (Å²) >= 11 is 6.26. The van der Waals surface area contributed by atoms with E-state index in [4.69, 9.17) is 11.6 Å². The van der Waals surface area contributed by atoms with E-state index in [1.165, 1.54) is 13.3 Å². The number of sulfonamides is 1. The summed E-state index contributed by atoms with van der Waals surface area (Å²) in [6.07, 6.45) is 3.56. The number of pyridine rings is 1. The van der Waals surface area contributed by atoms with Gasteiger partial charge in [0.1, 0.15) is 5.69 Å². The highest BCUT2D eigenvalue weighted by molar-refractivity contribution is 7.90. The number of ether oxygens (including phenoxy) is 1. The smallest absolute Gasteiger partial charge is 0.339 e. The molecular formula is C23H29ClN3O5S+. The Kier molecular flexibility index (Phi) is 7.07. The molecule has 0 atom stereocenters. The molecule has 2 aromatic rings. The van der Waals surface area contributed by atoms with E-state index >= 15 is 0 Å². The maximum atomic E-state index is 13.0. The van der Waals surface area contributed by atoms with Gasteiger partial charge in [0.15, 0.2) is 0 Å². The molecule has 4 rings (SSSR count). The first-order chi connectivity index (χ1) is 15.7. The highest BCUT2D eigenvalue weighted by Crippen LogP contribution is 2.41. The third-order valence-corrected chi connectivity index (χ3v) is 9.08. The van der Waals surface area contributed by atoms with Gasteiger partial charge < -0.3 is 9.84 Å². The van der Waals surface area contributed by atoms with E-state index in [-0.39, 0.29) is 18.7 Å². The number of halogens is 1. The molecule has 2 fully saturated rings. The fraction of sp³-hybridized carbons (Fsp3) is 0.478. The highest BCUT2D eigenvalue weighted by atomic mass is 35.5. The number of benzene rings is 1. The van der Waals surface area contributed by atoms with Crippen LogP contribution in [0.3, 0.4) is 0 Å². The maximum absolute atomic E-state index is 13.0. The fourth-order valence-corrected chi connectivity index (χ4v) is 6.53. The lowest BCUT2D eigenvalue weighted by molar-refractivity contribution is -0.00183. The van der Waals surface area contributed by atoms with Crippen LogP contribution in [0.15, 0.2) is 42.6 Å². The molecule has 10 heteroatoms. The number of nitrogens with zero attached hydrogens (tertiary/aromatic N) is 2. The largest absolute Gasteiger partial charge is 0.465 e. The van der Waals surface area contributed by atoms with Crippen molar-refractivity contribution in [1.82, 2.24) is 14.2 Å². The van der Waals surface area contributed by atoms with Gasteiger partial charge in [-0.3, -0.25) is 9.47 Å². The molecule has 2 N–H and O–H groups in total. The van der Waals surface area contributed by atoms with Crippen molar-refractivity contribution in [2.24, 2.45) is 0 Å². The van der Waals surface area contributed by atoms with Crippen LogP contribution >= 0.6 is 11.6 Å². The molecule has 1 aliphatic heterocycles. The average molecular weight is 495 g/mol. The van der Waals surface area contributed by atoms with Crippen LogP contribution in [-0.4, -0.2) is 62.1 Å². The summed E-state index contributed by atoms with van der Waals surface area (Å²) in [4.78, 5) is 15.7. The highest BCUT2D eigenvalue weighted by Gasteiger charge is 2.50. The molecule has 1 aromatic carbocycles. The van der Waals surface area contributed by atoms with Gasteiger partial charge in [-0.2, -0.15) is 0 Å². The summed E-state index contributed by atoms with van der Waals surface area (Å²) in [5, 5.41) is 10.1. The number of aromatic nitrogens is 1. The van der Waals surface area contributed by atoms with Crippen LogP contribution in [0.4, 0.5) is 5.69 Å². The van der Waals surface area contributed by atoms with Crippen molar-refractivity contribution in [1.29, 1.82) is 0 Å². The number of rotatable bonds is 7. The first-order valence-electron chi connectivity index (χ1n) is 11.1. The Morgan fingerprint density at radius 2 is 1.97 bits per heavy atom. The molecule has 8 nitrogen and oxygen atoms in total. The number of aliphatic hydroxyl groups is 1. The van der Waals surface area contributed by atoms with Gasteiger partial charge in [0.25, 0.3) is 0 Å². The summed E-state index contributed by atoms with van der Waals surface area (Å²) < 4.78 is 34.0. The third-order valence-electron chi connectivity index (χ3n) is 6.95. The number of esters is 1. The molecule has 0 spiro atoms. The summed E-state index contributed by atoms with van der Waals surface area (Å²) in [5.41, 5.74) is 1.92. The molecule has 0 unspecified atom stereocenters. The van der Waals surface area contributed by atoms with E-state index in [0.29, 0.717) is 46.7 Å². The van der Waals surface area contributed by atoms with Crippen molar-refractivity contribution in [3.63, 3.8) is 0 Å². The van der Waals surface area contributed by atoms with E-state index in [2.05, 4.69) is 14.4 Å². The predicted molar refractivity (Wildman–Crippen MR) is 126 cm³/mol. The fourth-order valence-electron chi connectivity index (χ4n) is 4.93. The van der Waals surface area contributed by atoms with Gasteiger partial charge >= 0.3 is 5.97 Å². The van der Waals surface area contributed by atoms with Crippen molar-refractivity contribution in [3.8, 4) is 0 Å². The van der Waals surface area contributed by atoms with Gasteiger partial charge in [-0.15, -0.1) is 0 Å². The monoisotopic (exact) mass is 494 g/mol. The Hall–Kier alpha value is -2.04. The van der Waals surface area contributed by atoms with Crippen LogP contribution in [0.2, 0.25) is 5.02 Å². The predicted octanol–water partition coefficient (Wildman–Crippen LogP) is 2.63. The lowest BCUT2D eigenvalue weighted by atomic mass is 9.83. The number of methoxy groups -OCH3 is 1. The zero-order valence-corrected chi connectivity index (χ0v) is 20.1. The molecular weight excluding hydrogens is 466 g/mol. The number of piperidine rings is 1. The first-order valence-corrected chi connectivity index (χ1v) is 13.0. The lowest BCUT2D eigenvalue weighted by Crippen LogP contribution is -2.66. The molecule has 0 radical (unpaired) electrons. The Labute approximate surface area is 199 Å². The van der Waals surface area contributed by atoms with Gasteiger partial charge in [-0.25, -0.2) is 17.9 Å². The van der Waals surface area contributed by atoms with Gasteiger partial charge in [0.2, 0.25) is 10.0 Å². The quantitative estimate of drug-likeness (QED) is 0.453. The molecule has 33 heavy (non-hydrogen) atoms. The Bertz CT molecular complexity index is 1100. The number of hydrogen-bond donors (Lipinski definition) is 2. The normalized spacial score (nSPS) is 27.5. The van der Waals surface area contributed by atoms with E-state index in [1.54, 1.807) is 12.1 Å². The zero-order valence-electron chi connectivity index (χ0n) is 18.5. The van der Waals surface area contributed by atoms with Crippen molar-refractivity contribution >= 4 is 33.3 Å². The molecule has 0 amide bonds. The molecule has 0 bridgehead atoms. The number of nitrogens with one attached hydrogen (secondary N) is 1. The van der Waals surface area contributed by atoms with E-state index in [0.717, 1.165) is 18.5 Å². The Balaban J connectivity index is 1.42. The second-order valence-electron chi connectivity index (χ2n) is 8.84. The lowest BCUT2D eigenvalue weighted by Gasteiger charge is -2.52. The standard InChI is InChI=1S/C23H29ClN3O5S/c1-32-23(29)16-5-6-18(25-14-16)15-26-33(30,31)22-7-9-27(10-8-22,20-12-21(28)13-20)19-4-2-3-17(24)11-19/h2-6,11,14,20-22,26,28H,7-10,12-13,15H2,1H3/q+1. The second-order valence-corrected chi connectivity index (χ2v) is 11.3. The minimum atomic E-state index is -3.55. The summed E-state index contributed by atoms with van der Waals surface area (Å²) in [5.74, 6) is -0.489. The molecule has 178 valence electrons. The molecule has 1 aliphatic carbocycles.